The molecule has 2 bridgehead atoms. The van der Waals surface area contributed by atoms with E-state index >= 15 is 0 Å². The number of piperidine rings is 2. The number of hydrogen-bond donors (Lipinski definition) is 0. The van der Waals surface area contributed by atoms with Gasteiger partial charge in [-0.25, -0.2) is 0 Å². The number of amides is 1. The highest BCUT2D eigenvalue weighted by atomic mass is 16.5. The lowest BCUT2D eigenvalue weighted by atomic mass is 9.94. The van der Waals surface area contributed by atoms with Crippen molar-refractivity contribution >= 4 is 5.91 Å². The summed E-state index contributed by atoms with van der Waals surface area (Å²) in [6.45, 7) is 5.77. The highest BCUT2D eigenvalue weighted by Gasteiger charge is 2.41. The van der Waals surface area contributed by atoms with Gasteiger partial charge in [-0.3, -0.25) is 9.69 Å². The van der Waals surface area contributed by atoms with Crippen LogP contribution in [0.4, 0.5) is 0 Å². The van der Waals surface area contributed by atoms with Crippen LogP contribution in [0.15, 0.2) is 0 Å². The fourth-order valence-electron chi connectivity index (χ4n) is 3.23. The SMILES string of the molecule is CC(=O)N1CCC(N2CC3CC(C2)O3)CC1. The molecule has 0 spiro atoms. The molecule has 0 radical (unpaired) electrons. The predicted molar refractivity (Wildman–Crippen MR) is 60.1 cm³/mol. The minimum atomic E-state index is 0.225. The van der Waals surface area contributed by atoms with E-state index in [1.165, 1.54) is 6.42 Å². The third kappa shape index (κ3) is 1.84. The average Bonchev–Trinajstić information content (AvgIpc) is 2.28. The molecule has 2 unspecified atom stereocenters. The van der Waals surface area contributed by atoms with Crippen molar-refractivity contribution in [2.24, 2.45) is 0 Å². The van der Waals surface area contributed by atoms with Crippen LogP contribution in [0.1, 0.15) is 26.2 Å². The summed E-state index contributed by atoms with van der Waals surface area (Å²) < 4.78 is 5.65. The van der Waals surface area contributed by atoms with E-state index < -0.39 is 0 Å². The van der Waals surface area contributed by atoms with E-state index in [4.69, 9.17) is 4.74 Å². The van der Waals surface area contributed by atoms with Crippen LogP contribution in [0.3, 0.4) is 0 Å². The molecular weight excluding hydrogens is 204 g/mol. The first-order chi connectivity index (χ1) is 7.72. The van der Waals surface area contributed by atoms with Crippen LogP contribution < -0.4 is 0 Å². The summed E-state index contributed by atoms with van der Waals surface area (Å²) >= 11 is 0. The lowest BCUT2D eigenvalue weighted by Crippen LogP contribution is -2.61. The minimum Gasteiger partial charge on any atom is -0.372 e. The molecule has 4 saturated heterocycles. The van der Waals surface area contributed by atoms with Crippen molar-refractivity contribution in [2.75, 3.05) is 26.2 Å². The number of morpholine rings is 1. The van der Waals surface area contributed by atoms with Gasteiger partial charge in [0, 0.05) is 45.6 Å². The van der Waals surface area contributed by atoms with Crippen LogP contribution in [-0.4, -0.2) is 60.1 Å². The Hall–Kier alpha value is -0.610. The van der Waals surface area contributed by atoms with Gasteiger partial charge >= 0.3 is 0 Å². The Labute approximate surface area is 96.5 Å². The molecule has 1 amide bonds. The van der Waals surface area contributed by atoms with Gasteiger partial charge in [0.25, 0.3) is 0 Å². The highest BCUT2D eigenvalue weighted by Crippen LogP contribution is 2.31. The molecule has 4 aliphatic heterocycles. The van der Waals surface area contributed by atoms with E-state index in [-0.39, 0.29) is 5.91 Å². The number of likely N-dealkylation sites (tertiary alicyclic amines) is 1. The lowest BCUT2D eigenvalue weighted by Gasteiger charge is -2.51. The second-order valence-corrected chi connectivity index (χ2v) is 5.31. The summed E-state index contributed by atoms with van der Waals surface area (Å²) in [5.74, 6) is 0.225. The number of carbonyl (C=O) groups is 1. The fraction of sp³-hybridized carbons (Fsp3) is 0.917. The zero-order valence-corrected chi connectivity index (χ0v) is 9.89. The molecular formula is C12H20N2O2. The first-order valence-electron chi connectivity index (χ1n) is 6.37. The van der Waals surface area contributed by atoms with Crippen LogP contribution >= 0.6 is 0 Å². The normalized spacial score (nSPS) is 35.9. The Bertz CT molecular complexity index is 271. The van der Waals surface area contributed by atoms with E-state index in [0.717, 1.165) is 39.0 Å². The zero-order valence-electron chi connectivity index (χ0n) is 9.89. The monoisotopic (exact) mass is 224 g/mol. The summed E-state index contributed by atoms with van der Waals surface area (Å²) in [5.41, 5.74) is 0. The molecule has 4 fully saturated rings. The molecule has 4 nitrogen and oxygen atoms in total. The second-order valence-electron chi connectivity index (χ2n) is 5.31. The smallest absolute Gasteiger partial charge is 0.219 e. The summed E-state index contributed by atoms with van der Waals surface area (Å²) in [4.78, 5) is 15.8. The summed E-state index contributed by atoms with van der Waals surface area (Å²) in [6.07, 6.45) is 4.55. The summed E-state index contributed by atoms with van der Waals surface area (Å²) in [6, 6.07) is 0.685. The van der Waals surface area contributed by atoms with Gasteiger partial charge in [0.2, 0.25) is 5.91 Å². The zero-order chi connectivity index (χ0) is 11.1. The molecule has 4 heterocycles. The van der Waals surface area contributed by atoms with Gasteiger partial charge in [0.1, 0.15) is 0 Å². The Morgan fingerprint density at radius 1 is 1.19 bits per heavy atom. The minimum absolute atomic E-state index is 0.225. The standard InChI is InChI=1S/C12H20N2O2/c1-9(15)13-4-2-10(3-5-13)14-7-11-6-12(8-14)16-11/h10-12H,2-8H2,1H3. The predicted octanol–water partition coefficient (Wildman–Crippen LogP) is 0.470. The van der Waals surface area contributed by atoms with E-state index in [9.17, 15) is 4.79 Å². The Balaban J connectivity index is 1.52. The number of ether oxygens (including phenoxy) is 1. The third-order valence-electron chi connectivity index (χ3n) is 4.21. The maximum atomic E-state index is 11.2. The quantitative estimate of drug-likeness (QED) is 0.649. The van der Waals surface area contributed by atoms with Crippen molar-refractivity contribution in [3.8, 4) is 0 Å². The van der Waals surface area contributed by atoms with Gasteiger partial charge in [-0.15, -0.1) is 0 Å². The van der Waals surface area contributed by atoms with E-state index in [1.54, 1.807) is 6.92 Å². The van der Waals surface area contributed by atoms with Crippen LogP contribution in [0.5, 0.6) is 0 Å². The third-order valence-corrected chi connectivity index (χ3v) is 4.21. The van der Waals surface area contributed by atoms with Crippen molar-refractivity contribution in [3.63, 3.8) is 0 Å². The Morgan fingerprint density at radius 3 is 2.25 bits per heavy atom. The fourth-order valence-corrected chi connectivity index (χ4v) is 3.23. The van der Waals surface area contributed by atoms with Gasteiger partial charge < -0.3 is 9.64 Å². The molecule has 16 heavy (non-hydrogen) atoms. The van der Waals surface area contributed by atoms with Crippen LogP contribution in [0, 0.1) is 0 Å². The molecule has 4 aliphatic rings. The number of nitrogens with zero attached hydrogens (tertiary/aromatic N) is 2. The molecule has 0 aromatic heterocycles. The molecule has 4 heteroatoms. The van der Waals surface area contributed by atoms with Gasteiger partial charge in [0.05, 0.1) is 12.2 Å². The number of hydrogen-bond acceptors (Lipinski definition) is 3. The molecule has 0 aromatic rings. The molecule has 0 aliphatic carbocycles. The van der Waals surface area contributed by atoms with Crippen LogP contribution in [0.25, 0.3) is 0 Å². The molecule has 4 rings (SSSR count). The largest absolute Gasteiger partial charge is 0.372 e. The van der Waals surface area contributed by atoms with Crippen LogP contribution in [0.2, 0.25) is 0 Å². The van der Waals surface area contributed by atoms with Crippen molar-refractivity contribution in [1.29, 1.82) is 0 Å². The Kier molecular flexibility index (Phi) is 2.64. The first-order valence-corrected chi connectivity index (χ1v) is 6.37. The summed E-state index contributed by atoms with van der Waals surface area (Å²) in [7, 11) is 0. The molecule has 90 valence electrons. The lowest BCUT2D eigenvalue weighted by molar-refractivity contribution is -0.190. The molecule has 0 N–H and O–H groups in total. The van der Waals surface area contributed by atoms with Gasteiger partial charge in [0.15, 0.2) is 0 Å². The highest BCUT2D eigenvalue weighted by molar-refractivity contribution is 5.73. The van der Waals surface area contributed by atoms with E-state index in [1.807, 2.05) is 4.90 Å². The summed E-state index contributed by atoms with van der Waals surface area (Å²) in [5, 5.41) is 0. The number of rotatable bonds is 1. The van der Waals surface area contributed by atoms with Crippen molar-refractivity contribution in [1.82, 2.24) is 9.80 Å². The van der Waals surface area contributed by atoms with Gasteiger partial charge in [-0.05, 0) is 12.8 Å². The Morgan fingerprint density at radius 2 is 1.75 bits per heavy atom. The average molecular weight is 224 g/mol. The van der Waals surface area contributed by atoms with E-state index in [0.29, 0.717) is 18.2 Å². The maximum Gasteiger partial charge on any atom is 0.219 e. The second kappa shape index (κ2) is 4.00. The number of carbonyl (C=O) groups excluding carboxylic acids is 1. The molecule has 2 atom stereocenters. The van der Waals surface area contributed by atoms with E-state index in [2.05, 4.69) is 4.90 Å². The van der Waals surface area contributed by atoms with Gasteiger partial charge in [-0.1, -0.05) is 0 Å². The first kappa shape index (κ1) is 10.5. The topological polar surface area (TPSA) is 32.8 Å². The van der Waals surface area contributed by atoms with Gasteiger partial charge in [-0.2, -0.15) is 0 Å². The van der Waals surface area contributed by atoms with Crippen molar-refractivity contribution in [3.05, 3.63) is 0 Å². The number of fused-ring (bicyclic) bond motifs is 2. The molecule has 0 saturated carbocycles. The van der Waals surface area contributed by atoms with Crippen LogP contribution in [-0.2, 0) is 9.53 Å². The van der Waals surface area contributed by atoms with Crippen molar-refractivity contribution in [2.45, 2.75) is 44.4 Å². The molecule has 0 aromatic carbocycles. The van der Waals surface area contributed by atoms with Crippen molar-refractivity contribution < 1.29 is 9.53 Å². The maximum absolute atomic E-state index is 11.2.